The molecule has 21 heavy (non-hydrogen) atoms. The molecule has 0 aliphatic carbocycles. The number of piperidine rings is 1. The molecule has 0 aromatic carbocycles. The van der Waals surface area contributed by atoms with E-state index in [9.17, 15) is 4.79 Å². The number of amides is 1. The third-order valence-corrected chi connectivity index (χ3v) is 4.45. The molecule has 3 heterocycles. The van der Waals surface area contributed by atoms with Gasteiger partial charge in [0, 0.05) is 29.9 Å². The van der Waals surface area contributed by atoms with Gasteiger partial charge < -0.3 is 10.6 Å². The van der Waals surface area contributed by atoms with Crippen molar-refractivity contribution in [2.75, 3.05) is 6.54 Å². The maximum absolute atomic E-state index is 12.4. The summed E-state index contributed by atoms with van der Waals surface area (Å²) in [6.07, 6.45) is 5.50. The van der Waals surface area contributed by atoms with Gasteiger partial charge in [-0.3, -0.25) is 9.78 Å². The molecule has 110 valence electrons. The van der Waals surface area contributed by atoms with Crippen molar-refractivity contribution >= 4 is 32.7 Å². The van der Waals surface area contributed by atoms with Crippen LogP contribution in [0.2, 0.25) is 0 Å². The number of nitrogens with one attached hydrogen (secondary N) is 2. The monoisotopic (exact) mass is 348 g/mol. The number of carbonyl (C=O) groups is 1. The van der Waals surface area contributed by atoms with Crippen LogP contribution in [0.1, 0.15) is 30.3 Å². The Kier molecular flexibility index (Phi) is 4.17. The minimum Gasteiger partial charge on any atom is -0.346 e. The molecule has 0 saturated carbocycles. The summed E-state index contributed by atoms with van der Waals surface area (Å²) in [4.78, 5) is 20.9. The van der Waals surface area contributed by atoms with Crippen LogP contribution in [-0.4, -0.2) is 34.5 Å². The average molecular weight is 349 g/mol. The van der Waals surface area contributed by atoms with Crippen molar-refractivity contribution in [2.45, 2.75) is 31.8 Å². The van der Waals surface area contributed by atoms with E-state index in [-0.39, 0.29) is 11.9 Å². The van der Waals surface area contributed by atoms with Crippen molar-refractivity contribution in [1.82, 2.24) is 20.6 Å². The second-order valence-electron chi connectivity index (χ2n) is 5.35. The molecule has 1 saturated heterocycles. The number of hydrogen-bond donors (Lipinski definition) is 2. The lowest BCUT2D eigenvalue weighted by Crippen LogP contribution is -2.52. The van der Waals surface area contributed by atoms with E-state index in [0.717, 1.165) is 34.8 Å². The van der Waals surface area contributed by atoms with Crippen molar-refractivity contribution in [2.24, 2.45) is 0 Å². The van der Waals surface area contributed by atoms with Gasteiger partial charge >= 0.3 is 0 Å². The maximum atomic E-state index is 12.4. The Balaban J connectivity index is 1.82. The zero-order chi connectivity index (χ0) is 14.8. The van der Waals surface area contributed by atoms with E-state index >= 15 is 0 Å². The molecule has 0 radical (unpaired) electrons. The van der Waals surface area contributed by atoms with Crippen molar-refractivity contribution < 1.29 is 4.79 Å². The first kappa shape index (κ1) is 14.4. The van der Waals surface area contributed by atoms with Crippen LogP contribution >= 0.6 is 15.9 Å². The van der Waals surface area contributed by atoms with Gasteiger partial charge in [0.1, 0.15) is 5.69 Å². The Morgan fingerprint density at radius 3 is 3.10 bits per heavy atom. The molecule has 2 atom stereocenters. The summed E-state index contributed by atoms with van der Waals surface area (Å²) in [5, 5.41) is 7.36. The normalized spacial score (nSPS) is 22.2. The van der Waals surface area contributed by atoms with E-state index in [2.05, 4.69) is 43.5 Å². The molecule has 0 bridgehead atoms. The van der Waals surface area contributed by atoms with E-state index in [1.54, 1.807) is 18.5 Å². The van der Waals surface area contributed by atoms with E-state index in [1.807, 2.05) is 6.07 Å². The quantitative estimate of drug-likeness (QED) is 0.873. The van der Waals surface area contributed by atoms with Crippen LogP contribution in [0.15, 0.2) is 29.0 Å². The summed E-state index contributed by atoms with van der Waals surface area (Å²) < 4.78 is 0.794. The molecule has 0 spiro atoms. The van der Waals surface area contributed by atoms with Crippen LogP contribution in [0.5, 0.6) is 0 Å². The molecule has 2 unspecified atom stereocenters. The third-order valence-electron chi connectivity index (χ3n) is 3.87. The molecule has 2 aromatic rings. The first-order valence-corrected chi connectivity index (χ1v) is 7.89. The Morgan fingerprint density at radius 1 is 1.43 bits per heavy atom. The van der Waals surface area contributed by atoms with E-state index in [1.165, 1.54) is 0 Å². The summed E-state index contributed by atoms with van der Waals surface area (Å²) >= 11 is 3.42. The first-order valence-electron chi connectivity index (χ1n) is 7.09. The number of hydrogen-bond acceptors (Lipinski definition) is 4. The topological polar surface area (TPSA) is 66.9 Å². The highest BCUT2D eigenvalue weighted by molar-refractivity contribution is 9.10. The van der Waals surface area contributed by atoms with Gasteiger partial charge in [-0.1, -0.05) is 0 Å². The fourth-order valence-electron chi connectivity index (χ4n) is 2.62. The minimum absolute atomic E-state index is 0.124. The summed E-state index contributed by atoms with van der Waals surface area (Å²) in [5.41, 5.74) is 1.19. The smallest absolute Gasteiger partial charge is 0.270 e. The Labute approximate surface area is 131 Å². The van der Waals surface area contributed by atoms with E-state index in [4.69, 9.17) is 0 Å². The van der Waals surface area contributed by atoms with Gasteiger partial charge in [-0.15, -0.1) is 0 Å². The second kappa shape index (κ2) is 6.07. The van der Waals surface area contributed by atoms with Gasteiger partial charge in [-0.2, -0.15) is 0 Å². The number of nitrogens with zero attached hydrogens (tertiary/aromatic N) is 2. The predicted molar refractivity (Wildman–Crippen MR) is 85.2 cm³/mol. The van der Waals surface area contributed by atoms with Crippen LogP contribution in [0, 0.1) is 0 Å². The van der Waals surface area contributed by atoms with Crippen LogP contribution in [-0.2, 0) is 0 Å². The lowest BCUT2D eigenvalue weighted by Gasteiger charge is -2.30. The number of aromatic nitrogens is 2. The van der Waals surface area contributed by atoms with Gasteiger partial charge in [0.25, 0.3) is 5.91 Å². The molecule has 1 amide bonds. The van der Waals surface area contributed by atoms with Crippen LogP contribution in [0.25, 0.3) is 10.9 Å². The summed E-state index contributed by atoms with van der Waals surface area (Å²) in [6, 6.07) is 4.06. The third kappa shape index (κ3) is 3.06. The molecule has 6 heteroatoms. The number of fused-ring (bicyclic) bond motifs is 1. The zero-order valence-corrected chi connectivity index (χ0v) is 13.4. The second-order valence-corrected chi connectivity index (χ2v) is 6.21. The molecule has 3 rings (SSSR count). The molecule has 2 aromatic heterocycles. The zero-order valence-electron chi connectivity index (χ0n) is 11.8. The van der Waals surface area contributed by atoms with Gasteiger partial charge in [-0.25, -0.2) is 4.98 Å². The summed E-state index contributed by atoms with van der Waals surface area (Å²) in [7, 11) is 0. The first-order chi connectivity index (χ1) is 10.1. The Hall–Kier alpha value is -1.53. The average Bonchev–Trinajstić information content (AvgIpc) is 2.50. The molecule has 1 aliphatic heterocycles. The standard InChI is InChI=1S/C15H17BrN4O/c1-9-12(3-2-6-18-9)20-15(21)13-5-4-10-7-17-8-11(16)14(10)19-13/h4-5,7-9,12,18H,2-3,6H2,1H3,(H,20,21). The molecular formula is C15H17BrN4O. The van der Waals surface area contributed by atoms with Gasteiger partial charge in [0.15, 0.2) is 0 Å². The summed E-state index contributed by atoms with van der Waals surface area (Å²) in [5.74, 6) is -0.124. The highest BCUT2D eigenvalue weighted by Gasteiger charge is 2.23. The number of halogens is 1. The highest BCUT2D eigenvalue weighted by Crippen LogP contribution is 2.20. The van der Waals surface area contributed by atoms with E-state index < -0.39 is 0 Å². The predicted octanol–water partition coefficient (Wildman–Crippen LogP) is 2.26. The molecule has 5 nitrogen and oxygen atoms in total. The van der Waals surface area contributed by atoms with Crippen LogP contribution < -0.4 is 10.6 Å². The maximum Gasteiger partial charge on any atom is 0.270 e. The Bertz CT molecular complexity index is 676. The summed E-state index contributed by atoms with van der Waals surface area (Å²) in [6.45, 7) is 3.11. The van der Waals surface area contributed by atoms with Gasteiger partial charge in [0.2, 0.25) is 0 Å². The van der Waals surface area contributed by atoms with Crippen LogP contribution in [0.4, 0.5) is 0 Å². The van der Waals surface area contributed by atoms with Crippen molar-refractivity contribution in [3.8, 4) is 0 Å². The number of carbonyl (C=O) groups excluding carboxylic acids is 1. The van der Waals surface area contributed by atoms with E-state index in [0.29, 0.717) is 11.7 Å². The molecular weight excluding hydrogens is 332 g/mol. The molecule has 2 N–H and O–H groups in total. The fraction of sp³-hybridized carbons (Fsp3) is 0.400. The lowest BCUT2D eigenvalue weighted by molar-refractivity contribution is 0.0915. The highest BCUT2D eigenvalue weighted by atomic mass is 79.9. The fourth-order valence-corrected chi connectivity index (χ4v) is 3.06. The van der Waals surface area contributed by atoms with Crippen molar-refractivity contribution in [3.63, 3.8) is 0 Å². The minimum atomic E-state index is -0.124. The van der Waals surface area contributed by atoms with Gasteiger partial charge in [-0.05, 0) is 54.4 Å². The molecule has 1 fully saturated rings. The van der Waals surface area contributed by atoms with Crippen molar-refractivity contribution in [3.05, 3.63) is 34.7 Å². The lowest BCUT2D eigenvalue weighted by atomic mass is 10.00. The van der Waals surface area contributed by atoms with Gasteiger partial charge in [0.05, 0.1) is 9.99 Å². The largest absolute Gasteiger partial charge is 0.346 e. The molecule has 1 aliphatic rings. The number of pyridine rings is 2. The Morgan fingerprint density at radius 2 is 2.29 bits per heavy atom. The van der Waals surface area contributed by atoms with Crippen molar-refractivity contribution in [1.29, 1.82) is 0 Å². The SMILES string of the molecule is CC1NCCCC1NC(=O)c1ccc2cncc(Br)c2n1. The van der Waals surface area contributed by atoms with Crippen LogP contribution in [0.3, 0.4) is 0 Å². The number of rotatable bonds is 2.